The molecule has 0 fully saturated rings. The van der Waals surface area contributed by atoms with Gasteiger partial charge in [0.05, 0.1) is 11.3 Å². The Morgan fingerprint density at radius 3 is 2.70 bits per heavy atom. The molecule has 0 aliphatic heterocycles. The van der Waals surface area contributed by atoms with Crippen LogP contribution in [0.25, 0.3) is 21.5 Å². The zero-order chi connectivity index (χ0) is 23.3. The number of carbonyl (C=O) groups excluding carboxylic acids is 1. The zero-order valence-electron chi connectivity index (χ0n) is 17.7. The summed E-state index contributed by atoms with van der Waals surface area (Å²) in [5, 5.41) is 3.20. The Labute approximate surface area is 191 Å². The van der Waals surface area contributed by atoms with Gasteiger partial charge in [0.1, 0.15) is 21.2 Å². The SMILES string of the molecule is Cc1ccc(-c2c3c(nc4sc(C(=O)Nc5cccc(C(F)(F)F)c5)c(N)c24)CCCC3)o1. The number of amides is 1. The van der Waals surface area contributed by atoms with Crippen molar-refractivity contribution in [1.29, 1.82) is 0 Å². The van der Waals surface area contributed by atoms with Crippen LogP contribution < -0.4 is 11.1 Å². The van der Waals surface area contributed by atoms with Crippen LogP contribution >= 0.6 is 11.3 Å². The summed E-state index contributed by atoms with van der Waals surface area (Å²) in [5.74, 6) is 0.859. The van der Waals surface area contributed by atoms with Crippen molar-refractivity contribution in [2.75, 3.05) is 11.1 Å². The first-order valence-electron chi connectivity index (χ1n) is 10.5. The number of rotatable bonds is 3. The Bertz CT molecular complexity index is 1390. The van der Waals surface area contributed by atoms with Gasteiger partial charge in [0.25, 0.3) is 5.91 Å². The van der Waals surface area contributed by atoms with Crippen LogP contribution in [0.3, 0.4) is 0 Å². The van der Waals surface area contributed by atoms with Crippen LogP contribution in [-0.2, 0) is 19.0 Å². The molecule has 1 amide bonds. The molecule has 3 N–H and O–H groups in total. The quantitative estimate of drug-likeness (QED) is 0.353. The molecule has 0 atom stereocenters. The maximum absolute atomic E-state index is 13.0. The fourth-order valence-corrected chi connectivity index (χ4v) is 5.30. The standard InChI is InChI=1S/C24H20F3N3O2S/c1-12-9-10-17(32-12)18-15-7-2-3-8-16(15)30-23-19(18)20(28)21(33-23)22(31)29-14-6-4-5-13(11-14)24(25,26)27/h4-6,9-11H,2-3,7-8,28H2,1H3,(H,29,31). The Morgan fingerprint density at radius 1 is 1.18 bits per heavy atom. The third-order valence-electron chi connectivity index (χ3n) is 5.79. The predicted octanol–water partition coefficient (Wildman–Crippen LogP) is 6.60. The summed E-state index contributed by atoms with van der Waals surface area (Å²) in [6, 6.07) is 8.27. The Hall–Kier alpha value is -3.33. The van der Waals surface area contributed by atoms with E-state index >= 15 is 0 Å². The molecule has 33 heavy (non-hydrogen) atoms. The number of hydrogen-bond donors (Lipinski definition) is 2. The molecule has 4 aromatic rings. The van der Waals surface area contributed by atoms with Gasteiger partial charge >= 0.3 is 6.18 Å². The van der Waals surface area contributed by atoms with Crippen molar-refractivity contribution in [2.24, 2.45) is 0 Å². The first-order chi connectivity index (χ1) is 15.7. The van der Waals surface area contributed by atoms with Gasteiger partial charge in [-0.3, -0.25) is 4.79 Å². The maximum Gasteiger partial charge on any atom is 0.416 e. The van der Waals surface area contributed by atoms with E-state index in [1.807, 2.05) is 19.1 Å². The number of anilines is 2. The van der Waals surface area contributed by atoms with Crippen LogP contribution in [-0.4, -0.2) is 10.9 Å². The number of alkyl halides is 3. The van der Waals surface area contributed by atoms with Crippen molar-refractivity contribution in [1.82, 2.24) is 4.98 Å². The van der Waals surface area contributed by atoms with Crippen LogP contribution in [0.4, 0.5) is 24.5 Å². The minimum Gasteiger partial charge on any atom is -0.461 e. The average Bonchev–Trinajstić information content (AvgIpc) is 3.35. The number of benzene rings is 1. The number of aryl methyl sites for hydroxylation is 2. The van der Waals surface area contributed by atoms with Crippen LogP contribution in [0.2, 0.25) is 0 Å². The topological polar surface area (TPSA) is 81.2 Å². The Balaban J connectivity index is 1.61. The second-order valence-electron chi connectivity index (χ2n) is 8.09. The first kappa shape index (κ1) is 21.5. The molecular weight excluding hydrogens is 451 g/mol. The lowest BCUT2D eigenvalue weighted by Crippen LogP contribution is -2.13. The van der Waals surface area contributed by atoms with E-state index in [1.54, 1.807) is 0 Å². The molecule has 0 saturated heterocycles. The van der Waals surface area contributed by atoms with Gasteiger partial charge in [-0.1, -0.05) is 6.07 Å². The average molecular weight is 472 g/mol. The number of carbonyl (C=O) groups is 1. The first-order valence-corrected chi connectivity index (χ1v) is 11.3. The Kier molecular flexibility index (Phi) is 5.16. The Morgan fingerprint density at radius 2 is 1.97 bits per heavy atom. The highest BCUT2D eigenvalue weighted by Crippen LogP contribution is 2.44. The van der Waals surface area contributed by atoms with E-state index in [4.69, 9.17) is 15.1 Å². The lowest BCUT2D eigenvalue weighted by atomic mass is 9.89. The zero-order valence-corrected chi connectivity index (χ0v) is 18.5. The summed E-state index contributed by atoms with van der Waals surface area (Å²) in [4.78, 5) is 18.6. The van der Waals surface area contributed by atoms with E-state index in [1.165, 1.54) is 12.1 Å². The minimum absolute atomic E-state index is 0.0424. The number of aromatic nitrogens is 1. The van der Waals surface area contributed by atoms with E-state index in [0.29, 0.717) is 16.0 Å². The van der Waals surface area contributed by atoms with Gasteiger partial charge in [0, 0.05) is 22.3 Å². The summed E-state index contributed by atoms with van der Waals surface area (Å²) in [6.45, 7) is 1.86. The molecule has 1 aromatic carbocycles. The molecule has 5 nitrogen and oxygen atoms in total. The van der Waals surface area contributed by atoms with Crippen molar-refractivity contribution in [3.8, 4) is 11.3 Å². The largest absolute Gasteiger partial charge is 0.461 e. The summed E-state index contributed by atoms with van der Waals surface area (Å²) in [6.07, 6.45) is -0.766. The fraction of sp³-hybridized carbons (Fsp3) is 0.250. The second-order valence-corrected chi connectivity index (χ2v) is 9.09. The third-order valence-corrected chi connectivity index (χ3v) is 6.89. The smallest absolute Gasteiger partial charge is 0.416 e. The number of thiophene rings is 1. The van der Waals surface area contributed by atoms with Crippen LogP contribution in [0, 0.1) is 6.92 Å². The fourth-order valence-electron chi connectivity index (χ4n) is 4.28. The highest BCUT2D eigenvalue weighted by Gasteiger charge is 2.31. The molecule has 0 radical (unpaired) electrons. The van der Waals surface area contributed by atoms with E-state index in [9.17, 15) is 18.0 Å². The summed E-state index contributed by atoms with van der Waals surface area (Å²) in [5.41, 5.74) is 8.83. The number of furan rings is 1. The molecule has 170 valence electrons. The van der Waals surface area contributed by atoms with Gasteiger partial charge in [0.2, 0.25) is 0 Å². The molecule has 0 spiro atoms. The van der Waals surface area contributed by atoms with Crippen molar-refractivity contribution < 1.29 is 22.4 Å². The van der Waals surface area contributed by atoms with Gasteiger partial charge in [-0.25, -0.2) is 4.98 Å². The maximum atomic E-state index is 13.0. The molecule has 0 saturated carbocycles. The number of nitrogen functional groups attached to an aromatic ring is 1. The molecule has 0 bridgehead atoms. The number of halogens is 3. The monoisotopic (exact) mass is 471 g/mol. The molecule has 3 aromatic heterocycles. The number of hydrogen-bond acceptors (Lipinski definition) is 5. The summed E-state index contributed by atoms with van der Waals surface area (Å²) in [7, 11) is 0. The molecule has 0 unspecified atom stereocenters. The lowest BCUT2D eigenvalue weighted by molar-refractivity contribution is -0.137. The highest BCUT2D eigenvalue weighted by molar-refractivity contribution is 7.21. The number of nitrogens with two attached hydrogens (primary N) is 1. The number of fused-ring (bicyclic) bond motifs is 2. The molecule has 9 heteroatoms. The highest BCUT2D eigenvalue weighted by atomic mass is 32.1. The van der Waals surface area contributed by atoms with Gasteiger partial charge in [-0.05, 0) is 68.5 Å². The van der Waals surface area contributed by atoms with Crippen molar-refractivity contribution in [3.63, 3.8) is 0 Å². The van der Waals surface area contributed by atoms with E-state index < -0.39 is 17.6 Å². The molecular formula is C24H20F3N3O2S. The van der Waals surface area contributed by atoms with E-state index in [2.05, 4.69) is 5.32 Å². The summed E-state index contributed by atoms with van der Waals surface area (Å²) < 4.78 is 45.0. The van der Waals surface area contributed by atoms with Crippen molar-refractivity contribution in [3.05, 3.63) is 63.9 Å². The van der Waals surface area contributed by atoms with Gasteiger partial charge in [0.15, 0.2) is 0 Å². The lowest BCUT2D eigenvalue weighted by Gasteiger charge is -2.18. The summed E-state index contributed by atoms with van der Waals surface area (Å²) >= 11 is 1.14. The predicted molar refractivity (Wildman–Crippen MR) is 123 cm³/mol. The van der Waals surface area contributed by atoms with Gasteiger partial charge in [-0.2, -0.15) is 13.2 Å². The second kappa shape index (κ2) is 7.91. The van der Waals surface area contributed by atoms with Crippen molar-refractivity contribution >= 4 is 38.8 Å². The van der Waals surface area contributed by atoms with Crippen molar-refractivity contribution in [2.45, 2.75) is 38.8 Å². The normalized spacial score (nSPS) is 13.8. The third kappa shape index (κ3) is 3.86. The van der Waals surface area contributed by atoms with Crippen LogP contribution in [0.5, 0.6) is 0 Å². The van der Waals surface area contributed by atoms with Crippen LogP contribution in [0.1, 0.15) is 45.1 Å². The number of nitrogens with zero attached hydrogens (tertiary/aromatic N) is 1. The van der Waals surface area contributed by atoms with Gasteiger partial charge in [-0.15, -0.1) is 11.3 Å². The molecule has 1 aliphatic rings. The van der Waals surface area contributed by atoms with E-state index in [-0.39, 0.29) is 16.3 Å². The molecule has 1 aliphatic carbocycles. The number of nitrogens with one attached hydrogen (secondary N) is 1. The van der Waals surface area contributed by atoms with Crippen LogP contribution in [0.15, 0.2) is 40.8 Å². The molecule has 5 rings (SSSR count). The molecule has 3 heterocycles. The van der Waals surface area contributed by atoms with E-state index in [0.717, 1.165) is 71.7 Å². The number of pyridine rings is 1. The van der Waals surface area contributed by atoms with Gasteiger partial charge < -0.3 is 15.5 Å². The minimum atomic E-state index is -4.50.